The molecule has 2 amide bonds. The Morgan fingerprint density at radius 1 is 1.19 bits per heavy atom. The highest BCUT2D eigenvalue weighted by Gasteiger charge is 2.34. The zero-order chi connectivity index (χ0) is 19.0. The first-order valence-electron chi connectivity index (χ1n) is 9.58. The average Bonchev–Trinajstić information content (AvgIpc) is 2.64. The second kappa shape index (κ2) is 7.13. The summed E-state index contributed by atoms with van der Waals surface area (Å²) in [5.74, 6) is 0.844. The molecule has 0 spiro atoms. The molecule has 2 N–H and O–H groups in total. The number of nitrogens with one attached hydrogen (secondary N) is 2. The lowest BCUT2D eigenvalue weighted by molar-refractivity contribution is -0.127. The largest absolute Gasteiger partial charge is 0.350 e. The van der Waals surface area contributed by atoms with Crippen LogP contribution in [0.15, 0.2) is 29.2 Å². The summed E-state index contributed by atoms with van der Waals surface area (Å²) in [6.07, 6.45) is 5.71. The molecule has 1 aliphatic carbocycles. The van der Waals surface area contributed by atoms with Gasteiger partial charge in [0.1, 0.15) is 0 Å². The van der Waals surface area contributed by atoms with Crippen LogP contribution in [0.3, 0.4) is 0 Å². The number of H-pyrrole nitrogens is 1. The zero-order valence-electron chi connectivity index (χ0n) is 15.4. The maximum Gasteiger partial charge on any atom is 0.272 e. The van der Waals surface area contributed by atoms with E-state index in [-0.39, 0.29) is 29.3 Å². The van der Waals surface area contributed by atoms with E-state index in [0.717, 1.165) is 31.6 Å². The van der Waals surface area contributed by atoms with Crippen molar-refractivity contribution in [1.82, 2.24) is 20.4 Å². The molecule has 1 aliphatic heterocycles. The van der Waals surface area contributed by atoms with E-state index in [2.05, 4.69) is 22.4 Å². The number of aromatic nitrogens is 2. The second-order valence-corrected chi connectivity index (χ2v) is 7.87. The third-order valence-corrected chi connectivity index (χ3v) is 5.82. The Bertz CT molecular complexity index is 924. The smallest absolute Gasteiger partial charge is 0.272 e. The number of fused-ring (bicyclic) bond motifs is 1. The van der Waals surface area contributed by atoms with Gasteiger partial charge in [-0.05, 0) is 43.7 Å². The average molecular weight is 368 g/mol. The van der Waals surface area contributed by atoms with Crippen molar-refractivity contribution in [2.75, 3.05) is 13.1 Å². The minimum absolute atomic E-state index is 0.0221. The summed E-state index contributed by atoms with van der Waals surface area (Å²) >= 11 is 0. The van der Waals surface area contributed by atoms with Crippen LogP contribution in [0.5, 0.6) is 0 Å². The maximum absolute atomic E-state index is 12.6. The number of amides is 2. The highest BCUT2D eigenvalue weighted by Crippen LogP contribution is 2.28. The molecule has 2 aliphatic rings. The molecule has 2 fully saturated rings. The molecule has 4 rings (SSSR count). The van der Waals surface area contributed by atoms with Gasteiger partial charge in [0.15, 0.2) is 0 Å². The molecule has 142 valence electrons. The van der Waals surface area contributed by atoms with Gasteiger partial charge >= 0.3 is 0 Å². The number of aromatic amines is 1. The number of benzene rings is 1. The molecule has 7 nitrogen and oxygen atoms in total. The number of likely N-dealkylation sites (tertiary alicyclic amines) is 1. The van der Waals surface area contributed by atoms with Crippen molar-refractivity contribution in [1.29, 1.82) is 0 Å². The third kappa shape index (κ3) is 3.59. The highest BCUT2D eigenvalue weighted by atomic mass is 16.2. The van der Waals surface area contributed by atoms with Crippen molar-refractivity contribution in [3.63, 3.8) is 0 Å². The van der Waals surface area contributed by atoms with Crippen LogP contribution in [0.1, 0.15) is 43.0 Å². The summed E-state index contributed by atoms with van der Waals surface area (Å²) in [5, 5.41) is 10.4. The fourth-order valence-electron chi connectivity index (χ4n) is 3.98. The predicted molar refractivity (Wildman–Crippen MR) is 101 cm³/mol. The molecule has 0 unspecified atom stereocenters. The number of carbonyl (C=O) groups excluding carboxylic acids is 2. The molecule has 0 bridgehead atoms. The Labute approximate surface area is 157 Å². The summed E-state index contributed by atoms with van der Waals surface area (Å²) in [6, 6.07) is 5.07. The highest BCUT2D eigenvalue weighted by molar-refractivity contribution is 5.98. The van der Waals surface area contributed by atoms with E-state index in [9.17, 15) is 14.4 Å². The molecule has 7 heteroatoms. The van der Waals surface area contributed by atoms with Crippen LogP contribution in [-0.2, 0) is 4.79 Å². The van der Waals surface area contributed by atoms with Gasteiger partial charge in [-0.15, -0.1) is 0 Å². The fourth-order valence-corrected chi connectivity index (χ4v) is 3.98. The predicted octanol–water partition coefficient (Wildman–Crippen LogP) is 1.69. The van der Waals surface area contributed by atoms with Gasteiger partial charge in [0.05, 0.1) is 17.6 Å². The number of rotatable bonds is 3. The Balaban J connectivity index is 1.34. The van der Waals surface area contributed by atoms with E-state index in [4.69, 9.17) is 0 Å². The van der Waals surface area contributed by atoms with Gasteiger partial charge < -0.3 is 10.2 Å². The lowest BCUT2D eigenvalue weighted by Crippen LogP contribution is -2.61. The van der Waals surface area contributed by atoms with Gasteiger partial charge in [-0.2, -0.15) is 5.10 Å². The summed E-state index contributed by atoms with van der Waals surface area (Å²) in [5.41, 5.74) is 0.169. The van der Waals surface area contributed by atoms with Crippen LogP contribution in [0.4, 0.5) is 0 Å². The van der Waals surface area contributed by atoms with E-state index >= 15 is 0 Å². The zero-order valence-corrected chi connectivity index (χ0v) is 15.4. The molecule has 2 aromatic rings. The Morgan fingerprint density at radius 3 is 2.67 bits per heavy atom. The summed E-state index contributed by atoms with van der Waals surface area (Å²) in [6.45, 7) is 3.26. The maximum atomic E-state index is 12.6. The van der Waals surface area contributed by atoms with Crippen LogP contribution in [0.25, 0.3) is 10.8 Å². The molecule has 0 atom stereocenters. The van der Waals surface area contributed by atoms with Crippen molar-refractivity contribution >= 4 is 22.6 Å². The number of nitrogens with zero attached hydrogens (tertiary/aromatic N) is 2. The molecule has 1 aromatic carbocycles. The van der Waals surface area contributed by atoms with Crippen LogP contribution >= 0.6 is 0 Å². The van der Waals surface area contributed by atoms with E-state index in [1.807, 2.05) is 0 Å². The normalized spacial score (nSPS) is 23.1. The fraction of sp³-hybridized carbons (Fsp3) is 0.500. The molecule has 27 heavy (non-hydrogen) atoms. The Morgan fingerprint density at radius 2 is 1.93 bits per heavy atom. The monoisotopic (exact) mass is 368 g/mol. The van der Waals surface area contributed by atoms with Gasteiger partial charge in [0.2, 0.25) is 5.91 Å². The van der Waals surface area contributed by atoms with Crippen molar-refractivity contribution in [2.45, 2.75) is 38.6 Å². The number of hydrogen-bond acceptors (Lipinski definition) is 4. The molecule has 2 heterocycles. The lowest BCUT2D eigenvalue weighted by atomic mass is 9.82. The minimum atomic E-state index is -0.308. The van der Waals surface area contributed by atoms with Gasteiger partial charge in [-0.25, -0.2) is 5.10 Å². The van der Waals surface area contributed by atoms with Crippen LogP contribution in [-0.4, -0.2) is 46.0 Å². The van der Waals surface area contributed by atoms with Crippen LogP contribution in [0.2, 0.25) is 0 Å². The first kappa shape index (κ1) is 17.7. The Hall–Kier alpha value is -2.70. The first-order chi connectivity index (χ1) is 13.0. The van der Waals surface area contributed by atoms with Gasteiger partial charge in [-0.3, -0.25) is 14.4 Å². The number of hydrogen-bond donors (Lipinski definition) is 2. The van der Waals surface area contributed by atoms with E-state index < -0.39 is 0 Å². The molecule has 0 radical (unpaired) electrons. The van der Waals surface area contributed by atoms with Crippen molar-refractivity contribution in [3.8, 4) is 0 Å². The summed E-state index contributed by atoms with van der Waals surface area (Å²) in [7, 11) is 0. The lowest BCUT2D eigenvalue weighted by Gasteiger charge is -2.40. The second-order valence-electron chi connectivity index (χ2n) is 7.87. The van der Waals surface area contributed by atoms with Crippen molar-refractivity contribution in [3.05, 3.63) is 40.3 Å². The van der Waals surface area contributed by atoms with E-state index in [1.165, 1.54) is 0 Å². The summed E-state index contributed by atoms with van der Waals surface area (Å²) in [4.78, 5) is 38.6. The minimum Gasteiger partial charge on any atom is -0.350 e. The van der Waals surface area contributed by atoms with Crippen molar-refractivity contribution < 1.29 is 9.59 Å². The standard InChI is InChI=1S/C20H24N4O3/c1-12-2-4-13(5-3-12)18(25)22-16-10-24(11-16)20(27)14-6-7-15-9-21-23-19(26)17(15)8-14/h6-9,12-13,16H,2-5,10-11H2,1H3,(H,22,25)(H,23,26). The molecule has 1 saturated heterocycles. The van der Waals surface area contributed by atoms with Gasteiger partial charge in [0, 0.05) is 30.0 Å². The van der Waals surface area contributed by atoms with Crippen LogP contribution in [0, 0.1) is 11.8 Å². The first-order valence-corrected chi connectivity index (χ1v) is 9.58. The quantitative estimate of drug-likeness (QED) is 0.862. The molecular weight excluding hydrogens is 344 g/mol. The SMILES string of the molecule is CC1CCC(C(=O)NC2CN(C(=O)c3ccc4cn[nH]c(=O)c4c3)C2)CC1. The number of carbonyl (C=O) groups is 2. The topological polar surface area (TPSA) is 95.2 Å². The Kier molecular flexibility index (Phi) is 4.68. The third-order valence-electron chi connectivity index (χ3n) is 5.82. The van der Waals surface area contributed by atoms with E-state index in [1.54, 1.807) is 29.3 Å². The molecular formula is C20H24N4O3. The van der Waals surface area contributed by atoms with E-state index in [0.29, 0.717) is 29.4 Å². The van der Waals surface area contributed by atoms with Crippen molar-refractivity contribution in [2.24, 2.45) is 11.8 Å². The van der Waals surface area contributed by atoms with Crippen LogP contribution < -0.4 is 10.9 Å². The summed E-state index contributed by atoms with van der Waals surface area (Å²) < 4.78 is 0. The molecule has 1 saturated carbocycles. The molecule has 1 aromatic heterocycles. The van der Waals surface area contributed by atoms with Gasteiger partial charge in [0.25, 0.3) is 11.5 Å². The van der Waals surface area contributed by atoms with Gasteiger partial charge in [-0.1, -0.05) is 13.0 Å².